The molecule has 0 aromatic carbocycles. The van der Waals surface area contributed by atoms with E-state index in [4.69, 9.17) is 14.2 Å². The van der Waals surface area contributed by atoms with Crippen molar-refractivity contribution in [3.63, 3.8) is 0 Å². The van der Waals surface area contributed by atoms with E-state index in [1.54, 1.807) is 0 Å². The summed E-state index contributed by atoms with van der Waals surface area (Å²) in [7, 11) is 0. The molecular formula is C67H122O6. The number of allylic oxidation sites excluding steroid dienone is 8. The van der Waals surface area contributed by atoms with Crippen LogP contribution in [-0.4, -0.2) is 37.2 Å². The number of carbonyl (C=O) groups is 3. The first-order chi connectivity index (χ1) is 36.0. The Morgan fingerprint density at radius 3 is 0.808 bits per heavy atom. The summed E-state index contributed by atoms with van der Waals surface area (Å²) in [4.78, 5) is 38.2. The topological polar surface area (TPSA) is 78.9 Å². The number of hydrogen-bond donors (Lipinski definition) is 0. The lowest BCUT2D eigenvalue weighted by molar-refractivity contribution is -0.167. The molecule has 6 heteroatoms. The zero-order valence-corrected chi connectivity index (χ0v) is 48.9. The molecule has 73 heavy (non-hydrogen) atoms. The van der Waals surface area contributed by atoms with Crippen molar-refractivity contribution in [2.45, 2.75) is 348 Å². The monoisotopic (exact) mass is 1020 g/mol. The molecule has 0 aromatic rings. The third-order valence-electron chi connectivity index (χ3n) is 14.3. The number of carbonyl (C=O) groups excluding carboxylic acids is 3. The molecule has 1 atom stereocenters. The van der Waals surface area contributed by atoms with Crippen LogP contribution in [0.3, 0.4) is 0 Å². The maximum Gasteiger partial charge on any atom is 0.306 e. The van der Waals surface area contributed by atoms with Gasteiger partial charge in [-0.1, -0.05) is 268 Å². The van der Waals surface area contributed by atoms with Crippen LogP contribution in [0.2, 0.25) is 0 Å². The van der Waals surface area contributed by atoms with Gasteiger partial charge in [0.2, 0.25) is 0 Å². The Hall–Kier alpha value is -2.63. The Labute approximate surface area is 454 Å². The van der Waals surface area contributed by atoms with Crippen molar-refractivity contribution >= 4 is 17.9 Å². The first kappa shape index (κ1) is 70.4. The van der Waals surface area contributed by atoms with Gasteiger partial charge in [0, 0.05) is 19.3 Å². The third-order valence-corrected chi connectivity index (χ3v) is 14.3. The smallest absolute Gasteiger partial charge is 0.306 e. The minimum atomic E-state index is -0.783. The summed E-state index contributed by atoms with van der Waals surface area (Å²) in [6, 6.07) is 0. The summed E-state index contributed by atoms with van der Waals surface area (Å²) in [5.41, 5.74) is 0. The van der Waals surface area contributed by atoms with E-state index in [1.165, 1.54) is 212 Å². The van der Waals surface area contributed by atoms with Gasteiger partial charge in [-0.3, -0.25) is 14.4 Å². The Kier molecular flexibility index (Phi) is 59.7. The van der Waals surface area contributed by atoms with Crippen LogP contribution in [0.1, 0.15) is 342 Å². The average Bonchev–Trinajstić information content (AvgIpc) is 3.39. The summed E-state index contributed by atoms with van der Waals surface area (Å²) in [5, 5.41) is 0. The van der Waals surface area contributed by atoms with Crippen LogP contribution in [0.15, 0.2) is 48.6 Å². The van der Waals surface area contributed by atoms with Crippen molar-refractivity contribution in [2.75, 3.05) is 13.2 Å². The van der Waals surface area contributed by atoms with Crippen LogP contribution in [-0.2, 0) is 28.6 Å². The Balaban J connectivity index is 4.21. The molecule has 0 aliphatic rings. The summed E-state index contributed by atoms with van der Waals surface area (Å²) in [5.74, 6) is -0.885. The van der Waals surface area contributed by atoms with Crippen molar-refractivity contribution in [3.8, 4) is 0 Å². The molecule has 0 saturated heterocycles. The van der Waals surface area contributed by atoms with Crippen LogP contribution in [0.5, 0.6) is 0 Å². The molecule has 0 rings (SSSR count). The van der Waals surface area contributed by atoms with Gasteiger partial charge in [-0.05, 0) is 103 Å². The fraction of sp³-hybridized carbons (Fsp3) is 0.836. The summed E-state index contributed by atoms with van der Waals surface area (Å²) >= 11 is 0. The highest BCUT2D eigenvalue weighted by Gasteiger charge is 2.19. The average molecular weight is 1020 g/mol. The van der Waals surface area contributed by atoms with Gasteiger partial charge in [0.1, 0.15) is 13.2 Å². The quantitative estimate of drug-likeness (QED) is 0.0261. The largest absolute Gasteiger partial charge is 0.462 e. The lowest BCUT2D eigenvalue weighted by Gasteiger charge is -2.18. The van der Waals surface area contributed by atoms with E-state index in [9.17, 15) is 14.4 Å². The van der Waals surface area contributed by atoms with Gasteiger partial charge in [0.25, 0.3) is 0 Å². The number of hydrogen-bond acceptors (Lipinski definition) is 6. The minimum Gasteiger partial charge on any atom is -0.462 e. The summed E-state index contributed by atoms with van der Waals surface area (Å²) in [6.45, 7) is 6.62. The SMILES string of the molecule is CCCCC/C=C\CCCCCCCC(=O)OCC(COC(=O)CCCCCCCCCCCCCCCCC/C=C\CCCCCCCCCC)OC(=O)CCCCCCC/C=C\C/C=C\CCCCCC. The molecule has 0 heterocycles. The van der Waals surface area contributed by atoms with Crippen molar-refractivity contribution in [3.05, 3.63) is 48.6 Å². The van der Waals surface area contributed by atoms with Gasteiger partial charge < -0.3 is 14.2 Å². The lowest BCUT2D eigenvalue weighted by Crippen LogP contribution is -2.30. The van der Waals surface area contributed by atoms with Gasteiger partial charge in [0.05, 0.1) is 0 Å². The van der Waals surface area contributed by atoms with E-state index in [2.05, 4.69) is 69.4 Å². The van der Waals surface area contributed by atoms with Crippen LogP contribution < -0.4 is 0 Å². The lowest BCUT2D eigenvalue weighted by atomic mass is 10.0. The zero-order chi connectivity index (χ0) is 52.9. The number of ether oxygens (including phenoxy) is 3. The van der Waals surface area contributed by atoms with E-state index in [-0.39, 0.29) is 31.1 Å². The molecule has 0 spiro atoms. The van der Waals surface area contributed by atoms with E-state index in [0.29, 0.717) is 19.3 Å². The highest BCUT2D eigenvalue weighted by atomic mass is 16.6. The Morgan fingerprint density at radius 2 is 0.493 bits per heavy atom. The Bertz CT molecular complexity index is 1270. The van der Waals surface area contributed by atoms with Gasteiger partial charge in [0.15, 0.2) is 6.10 Å². The van der Waals surface area contributed by atoms with E-state index < -0.39 is 6.10 Å². The van der Waals surface area contributed by atoms with Crippen LogP contribution in [0.25, 0.3) is 0 Å². The van der Waals surface area contributed by atoms with Crippen molar-refractivity contribution in [1.82, 2.24) is 0 Å². The highest BCUT2D eigenvalue weighted by molar-refractivity contribution is 5.71. The standard InChI is InChI=1S/C67H122O6/c1-4-7-10-13-16-19-22-25-27-29-30-31-32-33-34-35-36-37-38-39-41-42-45-48-51-54-57-60-66(69)72-63-64(62-71-65(68)59-56-53-50-47-44-24-21-18-15-12-9-6-3)73-67(70)61-58-55-52-49-46-43-40-28-26-23-20-17-14-11-8-5-2/h18,20-21,23,28-30,40,64H,4-17,19,22,24-27,31-39,41-63H2,1-3H3/b21-18-,23-20-,30-29-,40-28-. The van der Waals surface area contributed by atoms with Crippen molar-refractivity contribution < 1.29 is 28.6 Å². The zero-order valence-electron chi connectivity index (χ0n) is 48.9. The van der Waals surface area contributed by atoms with E-state index in [1.807, 2.05) is 0 Å². The summed E-state index contributed by atoms with van der Waals surface area (Å²) in [6.07, 6.45) is 77.0. The van der Waals surface area contributed by atoms with Crippen LogP contribution in [0, 0.1) is 0 Å². The molecule has 0 fully saturated rings. The second-order valence-corrected chi connectivity index (χ2v) is 21.7. The molecule has 0 saturated carbocycles. The minimum absolute atomic E-state index is 0.0789. The molecule has 0 aromatic heterocycles. The molecule has 0 aliphatic heterocycles. The maximum atomic E-state index is 12.9. The molecule has 0 amide bonds. The van der Waals surface area contributed by atoms with Crippen molar-refractivity contribution in [2.24, 2.45) is 0 Å². The fourth-order valence-corrected chi connectivity index (χ4v) is 9.41. The molecule has 6 nitrogen and oxygen atoms in total. The molecule has 0 N–H and O–H groups in total. The fourth-order valence-electron chi connectivity index (χ4n) is 9.41. The van der Waals surface area contributed by atoms with E-state index >= 15 is 0 Å². The van der Waals surface area contributed by atoms with Gasteiger partial charge in [-0.15, -0.1) is 0 Å². The normalized spacial score (nSPS) is 12.3. The Morgan fingerprint density at radius 1 is 0.274 bits per heavy atom. The molecule has 0 radical (unpaired) electrons. The molecule has 0 bridgehead atoms. The predicted molar refractivity (Wildman–Crippen MR) is 316 cm³/mol. The third kappa shape index (κ3) is 60.1. The number of unbranched alkanes of at least 4 members (excludes halogenated alkanes) is 40. The number of rotatable bonds is 59. The predicted octanol–water partition coefficient (Wildman–Crippen LogP) is 21.8. The number of esters is 3. The second-order valence-electron chi connectivity index (χ2n) is 21.7. The molecule has 1 unspecified atom stereocenters. The first-order valence-electron chi connectivity index (χ1n) is 32.1. The van der Waals surface area contributed by atoms with Gasteiger partial charge in [-0.25, -0.2) is 0 Å². The molecule has 0 aliphatic carbocycles. The van der Waals surface area contributed by atoms with Crippen molar-refractivity contribution in [1.29, 1.82) is 0 Å². The van der Waals surface area contributed by atoms with Crippen LogP contribution in [0.4, 0.5) is 0 Å². The first-order valence-corrected chi connectivity index (χ1v) is 32.1. The molecular weight excluding hydrogens is 901 g/mol. The van der Waals surface area contributed by atoms with Gasteiger partial charge >= 0.3 is 17.9 Å². The van der Waals surface area contributed by atoms with Gasteiger partial charge in [-0.2, -0.15) is 0 Å². The van der Waals surface area contributed by atoms with Crippen LogP contribution >= 0.6 is 0 Å². The maximum absolute atomic E-state index is 12.9. The molecule has 426 valence electrons. The summed E-state index contributed by atoms with van der Waals surface area (Å²) < 4.78 is 16.9. The highest BCUT2D eigenvalue weighted by Crippen LogP contribution is 2.17. The van der Waals surface area contributed by atoms with E-state index in [0.717, 1.165) is 89.9 Å². The second kappa shape index (κ2) is 61.9.